The Labute approximate surface area is 233 Å². The number of hydrogen-bond donors (Lipinski definition) is 3. The second-order valence-corrected chi connectivity index (χ2v) is 10.0. The van der Waals surface area contributed by atoms with E-state index in [-0.39, 0.29) is 6.29 Å². The molecule has 4 aromatic rings. The molecule has 0 amide bonds. The summed E-state index contributed by atoms with van der Waals surface area (Å²) in [7, 11) is 4.92. The molecular formula is C29H35N7O4. The van der Waals surface area contributed by atoms with Gasteiger partial charge in [-0.3, -0.25) is 5.10 Å². The summed E-state index contributed by atoms with van der Waals surface area (Å²) in [6.45, 7) is 2.00. The fourth-order valence-electron chi connectivity index (χ4n) is 5.50. The number of methoxy groups -OCH3 is 3. The molecule has 3 N–H and O–H groups in total. The number of rotatable bonds is 9. The Hall–Kier alpha value is -4.09. The van der Waals surface area contributed by atoms with Gasteiger partial charge in [-0.1, -0.05) is 25.0 Å². The van der Waals surface area contributed by atoms with Crippen LogP contribution in [0.5, 0.6) is 11.5 Å². The first kappa shape index (κ1) is 26.1. The van der Waals surface area contributed by atoms with E-state index >= 15 is 0 Å². The Morgan fingerprint density at radius 1 is 1.00 bits per heavy atom. The molecule has 2 aromatic heterocycles. The summed E-state index contributed by atoms with van der Waals surface area (Å²) in [5.74, 6) is 2.53. The Balaban J connectivity index is 1.38. The van der Waals surface area contributed by atoms with Crippen LogP contribution in [0, 0.1) is 0 Å². The molecule has 1 unspecified atom stereocenters. The molecule has 1 aliphatic carbocycles. The summed E-state index contributed by atoms with van der Waals surface area (Å²) >= 11 is 0. The van der Waals surface area contributed by atoms with Gasteiger partial charge in [0.15, 0.2) is 23.4 Å². The lowest BCUT2D eigenvalue weighted by Gasteiger charge is -2.34. The highest BCUT2D eigenvalue weighted by Crippen LogP contribution is 2.38. The quantitative estimate of drug-likeness (QED) is 0.267. The van der Waals surface area contributed by atoms with Crippen LogP contribution in [-0.2, 0) is 9.47 Å². The van der Waals surface area contributed by atoms with Crippen LogP contribution in [-0.4, -0.2) is 73.5 Å². The van der Waals surface area contributed by atoms with Gasteiger partial charge in [0.1, 0.15) is 11.5 Å². The van der Waals surface area contributed by atoms with E-state index in [4.69, 9.17) is 28.9 Å². The maximum atomic E-state index is 5.69. The van der Waals surface area contributed by atoms with Crippen molar-refractivity contribution >= 4 is 34.2 Å². The summed E-state index contributed by atoms with van der Waals surface area (Å²) in [4.78, 5) is 12.1. The van der Waals surface area contributed by atoms with E-state index < -0.39 is 0 Å². The third-order valence-electron chi connectivity index (χ3n) is 7.56. The van der Waals surface area contributed by atoms with Gasteiger partial charge in [-0.2, -0.15) is 15.1 Å². The maximum Gasteiger partial charge on any atom is 0.231 e. The molecule has 6 rings (SSSR count). The first-order chi connectivity index (χ1) is 19.7. The molecule has 3 heterocycles. The van der Waals surface area contributed by atoms with Crippen LogP contribution in [0.2, 0.25) is 0 Å². The molecule has 11 heteroatoms. The minimum absolute atomic E-state index is 0.267. The largest absolute Gasteiger partial charge is 0.493 e. The van der Waals surface area contributed by atoms with E-state index in [0.29, 0.717) is 42.3 Å². The van der Waals surface area contributed by atoms with Crippen molar-refractivity contribution in [1.82, 2.24) is 20.2 Å². The number of para-hydroxylation sites is 2. The van der Waals surface area contributed by atoms with E-state index in [9.17, 15) is 0 Å². The van der Waals surface area contributed by atoms with E-state index in [1.54, 1.807) is 21.3 Å². The van der Waals surface area contributed by atoms with Crippen LogP contribution < -0.4 is 25.0 Å². The maximum absolute atomic E-state index is 5.69. The Kier molecular flexibility index (Phi) is 7.56. The van der Waals surface area contributed by atoms with Gasteiger partial charge < -0.3 is 34.5 Å². The van der Waals surface area contributed by atoms with Gasteiger partial charge in [-0.25, -0.2) is 0 Å². The number of benzene rings is 2. The monoisotopic (exact) mass is 545 g/mol. The van der Waals surface area contributed by atoms with E-state index in [0.717, 1.165) is 53.2 Å². The topological polar surface area (TPSA) is 119 Å². The fraction of sp³-hybridized carbons (Fsp3) is 0.414. The van der Waals surface area contributed by atoms with Gasteiger partial charge in [0.2, 0.25) is 5.95 Å². The van der Waals surface area contributed by atoms with E-state index in [2.05, 4.69) is 31.8 Å². The first-order valence-corrected chi connectivity index (χ1v) is 13.7. The number of aromatic amines is 1. The Bertz CT molecular complexity index is 1470. The number of aromatic nitrogens is 4. The van der Waals surface area contributed by atoms with E-state index in [1.807, 2.05) is 36.4 Å². The average molecular weight is 546 g/mol. The van der Waals surface area contributed by atoms with Gasteiger partial charge in [-0.15, -0.1) is 0 Å². The van der Waals surface area contributed by atoms with Crippen LogP contribution in [0.25, 0.3) is 22.3 Å². The predicted molar refractivity (Wildman–Crippen MR) is 155 cm³/mol. The molecule has 0 bridgehead atoms. The molecule has 2 fully saturated rings. The number of anilines is 4. The Morgan fingerprint density at radius 2 is 1.82 bits per heavy atom. The van der Waals surface area contributed by atoms with Crippen molar-refractivity contribution in [2.75, 3.05) is 56.6 Å². The molecule has 0 radical (unpaired) electrons. The van der Waals surface area contributed by atoms with Gasteiger partial charge >= 0.3 is 0 Å². The fourth-order valence-corrected chi connectivity index (χ4v) is 5.50. The number of hydrogen-bond acceptors (Lipinski definition) is 10. The lowest BCUT2D eigenvalue weighted by Crippen LogP contribution is -2.43. The van der Waals surface area contributed by atoms with Gasteiger partial charge in [0.25, 0.3) is 0 Å². The Morgan fingerprint density at radius 3 is 2.62 bits per heavy atom. The molecule has 210 valence electrons. The van der Waals surface area contributed by atoms with Gasteiger partial charge in [0, 0.05) is 25.3 Å². The average Bonchev–Trinajstić information content (AvgIpc) is 3.67. The standard InChI is InChI=1S/C29H35N7O4/c1-37-22-13-12-18(16-23(22)38-2)26-25-27(30-19-8-4-5-9-19)32-29(33-28(25)35-34-26)31-20-10-6-7-11-21(20)36-14-15-40-24(17-36)39-3/h6-7,10-13,16,19,24H,4-5,8-9,14-15,17H2,1-3H3,(H3,30,31,32,33,34,35). The lowest BCUT2D eigenvalue weighted by molar-refractivity contribution is -0.128. The molecular weight excluding hydrogens is 510 g/mol. The SMILES string of the molecule is COc1ccc(-c2n[nH]c3nc(Nc4ccccc4N4CCOC(OC)C4)nc(NC4CCCC4)c23)cc1OC. The van der Waals surface area contributed by atoms with Crippen LogP contribution in [0.15, 0.2) is 42.5 Å². The van der Waals surface area contributed by atoms with Crippen LogP contribution in [0.3, 0.4) is 0 Å². The number of H-pyrrole nitrogens is 1. The van der Waals surface area contributed by atoms with Gasteiger partial charge in [0.05, 0.1) is 44.1 Å². The van der Waals surface area contributed by atoms with E-state index in [1.165, 1.54) is 12.8 Å². The van der Waals surface area contributed by atoms with Crippen molar-refractivity contribution in [3.8, 4) is 22.8 Å². The molecule has 11 nitrogen and oxygen atoms in total. The smallest absolute Gasteiger partial charge is 0.231 e. The highest BCUT2D eigenvalue weighted by Gasteiger charge is 2.24. The molecule has 1 saturated heterocycles. The third-order valence-corrected chi connectivity index (χ3v) is 7.56. The van der Waals surface area contributed by atoms with Crippen molar-refractivity contribution in [1.29, 1.82) is 0 Å². The van der Waals surface area contributed by atoms with Crippen LogP contribution in [0.4, 0.5) is 23.1 Å². The second-order valence-electron chi connectivity index (χ2n) is 10.0. The number of nitrogens with zero attached hydrogens (tertiary/aromatic N) is 4. The second kappa shape index (κ2) is 11.6. The van der Waals surface area contributed by atoms with Crippen molar-refractivity contribution < 1.29 is 18.9 Å². The molecule has 40 heavy (non-hydrogen) atoms. The van der Waals surface area contributed by atoms with Crippen molar-refractivity contribution in [3.05, 3.63) is 42.5 Å². The minimum Gasteiger partial charge on any atom is -0.493 e. The first-order valence-electron chi connectivity index (χ1n) is 13.7. The summed E-state index contributed by atoms with van der Waals surface area (Å²) < 4.78 is 22.1. The van der Waals surface area contributed by atoms with Crippen molar-refractivity contribution in [2.24, 2.45) is 0 Å². The zero-order valence-electron chi connectivity index (χ0n) is 23.1. The summed E-state index contributed by atoms with van der Waals surface area (Å²) in [5, 5.41) is 15.8. The molecule has 2 aliphatic rings. The number of ether oxygens (including phenoxy) is 4. The predicted octanol–water partition coefficient (Wildman–Crippen LogP) is 4.94. The number of morpholine rings is 1. The molecule has 1 saturated carbocycles. The molecule has 0 spiro atoms. The minimum atomic E-state index is -0.267. The van der Waals surface area contributed by atoms with Gasteiger partial charge in [-0.05, 0) is 43.2 Å². The molecule has 1 aliphatic heterocycles. The zero-order valence-corrected chi connectivity index (χ0v) is 23.1. The molecule has 2 aromatic carbocycles. The summed E-state index contributed by atoms with van der Waals surface area (Å²) in [6, 6.07) is 14.3. The lowest BCUT2D eigenvalue weighted by atomic mass is 10.1. The highest BCUT2D eigenvalue weighted by molar-refractivity contribution is 6.00. The molecule has 1 atom stereocenters. The van der Waals surface area contributed by atoms with Crippen molar-refractivity contribution in [2.45, 2.75) is 38.0 Å². The summed E-state index contributed by atoms with van der Waals surface area (Å²) in [5.41, 5.74) is 4.23. The highest BCUT2D eigenvalue weighted by atomic mass is 16.7. The van der Waals surface area contributed by atoms with Crippen molar-refractivity contribution in [3.63, 3.8) is 0 Å². The van der Waals surface area contributed by atoms with Crippen LogP contribution in [0.1, 0.15) is 25.7 Å². The zero-order chi connectivity index (χ0) is 27.5. The summed E-state index contributed by atoms with van der Waals surface area (Å²) in [6.07, 6.45) is 4.37. The number of fused-ring (bicyclic) bond motifs is 1. The third kappa shape index (κ3) is 5.22. The number of nitrogens with one attached hydrogen (secondary N) is 3. The normalized spacial score (nSPS) is 17.8. The van der Waals surface area contributed by atoms with Crippen LogP contribution >= 0.6 is 0 Å².